The predicted molar refractivity (Wildman–Crippen MR) is 74.8 cm³/mol. The fourth-order valence-electron chi connectivity index (χ4n) is 2.04. The van der Waals surface area contributed by atoms with Crippen LogP contribution >= 0.6 is 11.6 Å². The minimum absolute atomic E-state index is 0.596. The van der Waals surface area contributed by atoms with E-state index in [-0.39, 0.29) is 0 Å². The van der Waals surface area contributed by atoms with Crippen LogP contribution in [0.4, 0.5) is 0 Å². The molecule has 0 bridgehead atoms. The maximum atomic E-state index is 6.23. The van der Waals surface area contributed by atoms with Gasteiger partial charge in [0, 0.05) is 5.39 Å². The zero-order valence-corrected chi connectivity index (χ0v) is 11.6. The number of halogens is 1. The predicted octanol–water partition coefficient (Wildman–Crippen LogP) is 4.70. The van der Waals surface area contributed by atoms with E-state index in [1.807, 2.05) is 0 Å². The lowest BCUT2D eigenvalue weighted by Gasteiger charge is -2.10. The number of nitrogens with zero attached hydrogens (tertiary/aromatic N) is 1. The van der Waals surface area contributed by atoms with E-state index in [0.29, 0.717) is 11.1 Å². The number of aromatic nitrogens is 1. The number of aryl methyl sites for hydroxylation is 2. The molecule has 1 nitrogen and oxygen atoms in total. The smallest absolute Gasteiger partial charge is 0.132 e. The summed E-state index contributed by atoms with van der Waals surface area (Å²) in [5.41, 5.74) is 4.71. The molecule has 0 amide bonds. The second-order valence-corrected chi connectivity index (χ2v) is 5.52. The van der Waals surface area contributed by atoms with E-state index in [9.17, 15) is 0 Å². The summed E-state index contributed by atoms with van der Waals surface area (Å²) < 4.78 is 0. The standard InChI is InChI=1S/C15H18ClN/c1-9(2)5-13-8-12-6-10(3)11(4)7-14(12)17-15(13)16/h6-9H,5H2,1-4H3. The fourth-order valence-corrected chi connectivity index (χ4v) is 2.27. The normalized spacial score (nSPS) is 11.4. The Morgan fingerprint density at radius 3 is 2.41 bits per heavy atom. The van der Waals surface area contributed by atoms with Crippen LogP contribution in [-0.2, 0) is 6.42 Å². The molecule has 0 spiro atoms. The van der Waals surface area contributed by atoms with Crippen LogP contribution in [0.25, 0.3) is 10.9 Å². The second-order valence-electron chi connectivity index (χ2n) is 5.17. The summed E-state index contributed by atoms with van der Waals surface area (Å²) in [5.74, 6) is 0.596. The van der Waals surface area contributed by atoms with Crippen molar-refractivity contribution in [3.8, 4) is 0 Å². The van der Waals surface area contributed by atoms with E-state index in [1.165, 1.54) is 16.5 Å². The molecule has 0 atom stereocenters. The Morgan fingerprint density at radius 1 is 1.12 bits per heavy atom. The van der Waals surface area contributed by atoms with Gasteiger partial charge in [-0.1, -0.05) is 25.4 Å². The monoisotopic (exact) mass is 247 g/mol. The van der Waals surface area contributed by atoms with Crippen molar-refractivity contribution in [2.45, 2.75) is 34.1 Å². The highest BCUT2D eigenvalue weighted by Gasteiger charge is 2.08. The SMILES string of the molecule is Cc1cc2cc(CC(C)C)c(Cl)nc2cc1C. The van der Waals surface area contributed by atoms with Crippen molar-refractivity contribution in [2.75, 3.05) is 0 Å². The van der Waals surface area contributed by atoms with Gasteiger partial charge in [0.05, 0.1) is 5.52 Å². The van der Waals surface area contributed by atoms with Crippen LogP contribution in [0.15, 0.2) is 18.2 Å². The molecule has 0 aliphatic carbocycles. The molecule has 2 heteroatoms. The van der Waals surface area contributed by atoms with Crippen LogP contribution in [0.1, 0.15) is 30.5 Å². The highest BCUT2D eigenvalue weighted by Crippen LogP contribution is 2.25. The molecule has 1 aromatic carbocycles. The van der Waals surface area contributed by atoms with Gasteiger partial charge in [0.15, 0.2) is 0 Å². The molecule has 0 N–H and O–H groups in total. The molecule has 0 aliphatic rings. The van der Waals surface area contributed by atoms with Gasteiger partial charge in [0.2, 0.25) is 0 Å². The first-order valence-corrected chi connectivity index (χ1v) is 6.41. The van der Waals surface area contributed by atoms with Crippen LogP contribution in [0.5, 0.6) is 0 Å². The minimum atomic E-state index is 0.596. The Bertz CT molecular complexity index is 558. The Balaban J connectivity index is 2.59. The van der Waals surface area contributed by atoms with Gasteiger partial charge < -0.3 is 0 Å². The first-order chi connectivity index (χ1) is 7.97. The first-order valence-electron chi connectivity index (χ1n) is 6.03. The molecule has 90 valence electrons. The number of fused-ring (bicyclic) bond motifs is 1. The van der Waals surface area contributed by atoms with Gasteiger partial charge in [0.1, 0.15) is 5.15 Å². The maximum Gasteiger partial charge on any atom is 0.132 e. The topological polar surface area (TPSA) is 12.9 Å². The molecular formula is C15H18ClN. The van der Waals surface area contributed by atoms with Crippen molar-refractivity contribution in [3.05, 3.63) is 40.0 Å². The molecule has 2 rings (SSSR count). The van der Waals surface area contributed by atoms with Gasteiger partial charge in [-0.15, -0.1) is 0 Å². The van der Waals surface area contributed by atoms with Gasteiger partial charge in [-0.05, 0) is 61.1 Å². The first kappa shape index (κ1) is 12.4. The van der Waals surface area contributed by atoms with E-state index in [1.54, 1.807) is 0 Å². The van der Waals surface area contributed by atoms with Crippen LogP contribution < -0.4 is 0 Å². The van der Waals surface area contributed by atoms with Gasteiger partial charge >= 0.3 is 0 Å². The van der Waals surface area contributed by atoms with Crippen LogP contribution in [0, 0.1) is 19.8 Å². The minimum Gasteiger partial charge on any atom is -0.236 e. The molecule has 1 heterocycles. The molecule has 0 fully saturated rings. The number of hydrogen-bond donors (Lipinski definition) is 0. The third kappa shape index (κ3) is 2.61. The highest BCUT2D eigenvalue weighted by molar-refractivity contribution is 6.30. The van der Waals surface area contributed by atoms with E-state index < -0.39 is 0 Å². The number of rotatable bonds is 2. The lowest BCUT2D eigenvalue weighted by Crippen LogP contribution is -1.97. The van der Waals surface area contributed by atoms with Crippen molar-refractivity contribution in [3.63, 3.8) is 0 Å². The summed E-state index contributed by atoms with van der Waals surface area (Å²) in [6.45, 7) is 8.62. The van der Waals surface area contributed by atoms with Crippen molar-refractivity contribution in [1.29, 1.82) is 0 Å². The second kappa shape index (κ2) is 4.66. The third-order valence-electron chi connectivity index (χ3n) is 3.08. The van der Waals surface area contributed by atoms with Crippen LogP contribution in [0.2, 0.25) is 5.15 Å². The van der Waals surface area contributed by atoms with Gasteiger partial charge in [-0.25, -0.2) is 4.98 Å². The molecule has 0 saturated heterocycles. The quantitative estimate of drug-likeness (QED) is 0.701. The lowest BCUT2D eigenvalue weighted by atomic mass is 10.0. The summed E-state index contributed by atoms with van der Waals surface area (Å²) >= 11 is 6.23. The van der Waals surface area contributed by atoms with Gasteiger partial charge in [-0.2, -0.15) is 0 Å². The number of pyridine rings is 1. The summed E-state index contributed by atoms with van der Waals surface area (Å²) in [5, 5.41) is 1.84. The summed E-state index contributed by atoms with van der Waals surface area (Å²) in [6, 6.07) is 6.48. The van der Waals surface area contributed by atoms with E-state index >= 15 is 0 Å². The molecule has 17 heavy (non-hydrogen) atoms. The number of benzene rings is 1. The number of hydrogen-bond acceptors (Lipinski definition) is 1. The zero-order chi connectivity index (χ0) is 12.6. The molecular weight excluding hydrogens is 230 g/mol. The lowest BCUT2D eigenvalue weighted by molar-refractivity contribution is 0.646. The zero-order valence-electron chi connectivity index (χ0n) is 10.8. The Kier molecular flexibility index (Phi) is 3.39. The Morgan fingerprint density at radius 2 is 1.76 bits per heavy atom. The average molecular weight is 248 g/mol. The van der Waals surface area contributed by atoms with Crippen LogP contribution in [-0.4, -0.2) is 4.98 Å². The molecule has 0 aliphatic heterocycles. The molecule has 1 aromatic heterocycles. The molecule has 0 radical (unpaired) electrons. The largest absolute Gasteiger partial charge is 0.236 e. The maximum absolute atomic E-state index is 6.23. The van der Waals surface area contributed by atoms with Gasteiger partial charge in [-0.3, -0.25) is 0 Å². The fraction of sp³-hybridized carbons (Fsp3) is 0.400. The van der Waals surface area contributed by atoms with Crippen molar-refractivity contribution in [1.82, 2.24) is 4.98 Å². The van der Waals surface area contributed by atoms with Crippen LogP contribution in [0.3, 0.4) is 0 Å². The van der Waals surface area contributed by atoms with Crippen molar-refractivity contribution >= 4 is 22.5 Å². The summed E-state index contributed by atoms with van der Waals surface area (Å²) in [7, 11) is 0. The highest BCUT2D eigenvalue weighted by atomic mass is 35.5. The average Bonchev–Trinajstić information content (AvgIpc) is 2.22. The summed E-state index contributed by atoms with van der Waals surface area (Å²) in [4.78, 5) is 4.50. The van der Waals surface area contributed by atoms with E-state index in [0.717, 1.165) is 17.5 Å². The summed E-state index contributed by atoms with van der Waals surface area (Å²) in [6.07, 6.45) is 0.981. The molecule has 2 aromatic rings. The van der Waals surface area contributed by atoms with E-state index in [2.05, 4.69) is 50.9 Å². The Hall–Kier alpha value is -1.08. The van der Waals surface area contributed by atoms with Crippen molar-refractivity contribution < 1.29 is 0 Å². The van der Waals surface area contributed by atoms with Gasteiger partial charge in [0.25, 0.3) is 0 Å². The molecule has 0 saturated carbocycles. The molecule has 0 unspecified atom stereocenters. The Labute approximate surface area is 108 Å². The van der Waals surface area contributed by atoms with E-state index in [4.69, 9.17) is 11.6 Å². The van der Waals surface area contributed by atoms with Crippen molar-refractivity contribution in [2.24, 2.45) is 5.92 Å². The third-order valence-corrected chi connectivity index (χ3v) is 3.41.